The zero-order valence-corrected chi connectivity index (χ0v) is 35.6. The predicted octanol–water partition coefficient (Wildman–Crippen LogP) is 10.6. The normalized spacial score (nSPS) is 13.4. The van der Waals surface area contributed by atoms with Gasteiger partial charge in [-0.05, 0) is 58.2 Å². The summed E-state index contributed by atoms with van der Waals surface area (Å²) in [6.45, 7) is 40.8. The first-order chi connectivity index (χ1) is 18.9. The average molecular weight is 671 g/mol. The molecule has 2 aromatic rings. The summed E-state index contributed by atoms with van der Waals surface area (Å²) in [5.74, 6) is 2.00. The van der Waals surface area contributed by atoms with Gasteiger partial charge >= 0.3 is 45.5 Å². The quantitative estimate of drug-likeness (QED) is 0.211. The maximum absolute atomic E-state index is 5.01. The number of aromatic nitrogens is 4. The van der Waals surface area contributed by atoms with Crippen molar-refractivity contribution >= 4 is 45.5 Å². The Kier molecular flexibility index (Phi) is 16.1. The molecule has 0 radical (unpaired) electrons. The van der Waals surface area contributed by atoms with Crippen LogP contribution in [0.3, 0.4) is 0 Å². The van der Waals surface area contributed by atoms with Gasteiger partial charge in [-0.15, -0.1) is 0 Å². The second kappa shape index (κ2) is 16.1. The van der Waals surface area contributed by atoms with Crippen LogP contribution in [0.5, 0.6) is 0 Å². The van der Waals surface area contributed by atoms with Gasteiger partial charge in [0.2, 0.25) is 0 Å². The van der Waals surface area contributed by atoms with Crippen LogP contribution in [0.2, 0.25) is 0 Å². The van der Waals surface area contributed by atoms with Crippen molar-refractivity contribution in [3.63, 3.8) is 0 Å². The minimum atomic E-state index is 0. The summed E-state index contributed by atoms with van der Waals surface area (Å²) in [6.07, 6.45) is 9.34. The SMILES string of the molecule is CCCC(C)(C)c1nc(C(C)(C)C)[n-]c1C(C)(C)CCC.CCCC(C)(C)c1nc(C(C)(C)C)[n-]c1C(C)(C)CCC.[Sr+2]. The number of rotatable bonds is 12. The first kappa shape index (κ1) is 42.9. The minimum Gasteiger partial charge on any atom is -0.442 e. The van der Waals surface area contributed by atoms with Crippen LogP contribution in [0, 0.1) is 0 Å². The molecule has 5 heteroatoms. The monoisotopic (exact) mass is 670 g/mol. The third-order valence-electron chi connectivity index (χ3n) is 8.73. The van der Waals surface area contributed by atoms with Crippen molar-refractivity contribution in [3.8, 4) is 0 Å². The van der Waals surface area contributed by atoms with E-state index in [1.807, 2.05) is 0 Å². The average Bonchev–Trinajstić information content (AvgIpc) is 3.47. The molecule has 2 aromatic heterocycles. The van der Waals surface area contributed by atoms with Gasteiger partial charge in [0.05, 0.1) is 0 Å². The standard InChI is InChI=1S/2C19H35N2.Sr/c2*1-10-12-18(6,7)14-15(19(8,9)13-11-2)21-16(20-14)17(3,4)5;/h2*10-13H2,1-9H3;/q2*-1;+2. The molecule has 4 nitrogen and oxygen atoms in total. The first-order valence-corrected chi connectivity index (χ1v) is 17.0. The Labute approximate surface area is 305 Å². The van der Waals surface area contributed by atoms with Gasteiger partial charge in [-0.1, -0.05) is 185 Å². The minimum absolute atomic E-state index is 0. The van der Waals surface area contributed by atoms with Gasteiger partial charge in [0.15, 0.2) is 0 Å². The predicted molar refractivity (Wildman–Crippen MR) is 190 cm³/mol. The van der Waals surface area contributed by atoms with Crippen LogP contribution in [0.25, 0.3) is 0 Å². The van der Waals surface area contributed by atoms with Crippen LogP contribution in [-0.4, -0.2) is 55.4 Å². The number of imidazole rings is 2. The van der Waals surface area contributed by atoms with Crippen molar-refractivity contribution in [2.24, 2.45) is 0 Å². The molecule has 2 rings (SSSR count). The van der Waals surface area contributed by atoms with E-state index >= 15 is 0 Å². The maximum atomic E-state index is 5.01. The molecule has 0 amide bonds. The topological polar surface area (TPSA) is 54.0 Å². The van der Waals surface area contributed by atoms with Crippen LogP contribution in [0.4, 0.5) is 0 Å². The van der Waals surface area contributed by atoms with Gasteiger partial charge in [0.25, 0.3) is 0 Å². The summed E-state index contributed by atoms with van der Waals surface area (Å²) in [5, 5.41) is 0. The van der Waals surface area contributed by atoms with E-state index in [0.717, 1.165) is 37.3 Å². The van der Waals surface area contributed by atoms with Crippen molar-refractivity contribution < 1.29 is 0 Å². The Morgan fingerprint density at radius 3 is 0.860 bits per heavy atom. The molecular formula is C38H70N4Sr. The van der Waals surface area contributed by atoms with Gasteiger partial charge in [0.1, 0.15) is 0 Å². The number of nitrogens with zero attached hydrogens (tertiary/aromatic N) is 4. The smallest absolute Gasteiger partial charge is 0.442 e. The Bertz CT molecular complexity index is 941. The summed E-state index contributed by atoms with van der Waals surface area (Å²) >= 11 is 0. The van der Waals surface area contributed by atoms with E-state index in [4.69, 9.17) is 19.9 Å². The summed E-state index contributed by atoms with van der Waals surface area (Å²) in [5.41, 5.74) is 5.35. The van der Waals surface area contributed by atoms with E-state index in [2.05, 4.69) is 125 Å². The van der Waals surface area contributed by atoms with Crippen LogP contribution >= 0.6 is 0 Å². The first-order valence-electron chi connectivity index (χ1n) is 17.0. The van der Waals surface area contributed by atoms with Crippen LogP contribution in [0.15, 0.2) is 0 Å². The fourth-order valence-electron chi connectivity index (χ4n) is 6.22. The van der Waals surface area contributed by atoms with Crippen LogP contribution < -0.4 is 9.97 Å². The van der Waals surface area contributed by atoms with Crippen molar-refractivity contribution in [1.82, 2.24) is 19.9 Å². The largest absolute Gasteiger partial charge is 2.00 e. The van der Waals surface area contributed by atoms with Crippen molar-refractivity contribution in [2.75, 3.05) is 0 Å². The second-order valence-electron chi connectivity index (χ2n) is 17.5. The molecule has 0 spiro atoms. The third-order valence-corrected chi connectivity index (χ3v) is 8.73. The van der Waals surface area contributed by atoms with E-state index in [-0.39, 0.29) is 78.0 Å². The Balaban J connectivity index is 0.000000802. The van der Waals surface area contributed by atoms with Gasteiger partial charge in [-0.3, -0.25) is 0 Å². The van der Waals surface area contributed by atoms with Crippen molar-refractivity contribution in [2.45, 2.75) is 208 Å². The fraction of sp³-hybridized carbons (Fsp3) is 0.842. The molecule has 0 unspecified atom stereocenters. The van der Waals surface area contributed by atoms with Crippen LogP contribution in [0.1, 0.15) is 210 Å². The van der Waals surface area contributed by atoms with Gasteiger partial charge < -0.3 is 19.9 Å². The van der Waals surface area contributed by atoms with Crippen molar-refractivity contribution in [1.29, 1.82) is 0 Å². The molecule has 0 aliphatic carbocycles. The fourth-order valence-corrected chi connectivity index (χ4v) is 6.22. The number of hydrogen-bond donors (Lipinski definition) is 0. The zero-order valence-electron chi connectivity index (χ0n) is 32.2. The Hall–Kier alpha value is -0.0995. The molecule has 244 valence electrons. The molecule has 0 aliphatic rings. The molecular weight excluding hydrogens is 600 g/mol. The molecule has 0 aromatic carbocycles. The summed E-state index contributed by atoms with van der Waals surface area (Å²) in [4.78, 5) is 20.0. The molecule has 0 saturated carbocycles. The molecule has 0 bridgehead atoms. The Morgan fingerprint density at radius 1 is 0.419 bits per heavy atom. The molecule has 43 heavy (non-hydrogen) atoms. The van der Waals surface area contributed by atoms with Crippen molar-refractivity contribution in [3.05, 3.63) is 34.4 Å². The zero-order chi connectivity index (χ0) is 32.9. The molecule has 0 saturated heterocycles. The van der Waals surface area contributed by atoms with Crippen LogP contribution in [-0.2, 0) is 32.5 Å². The van der Waals surface area contributed by atoms with E-state index in [9.17, 15) is 0 Å². The van der Waals surface area contributed by atoms with Gasteiger partial charge in [0, 0.05) is 0 Å². The van der Waals surface area contributed by atoms with Gasteiger partial charge in [-0.25, -0.2) is 0 Å². The molecule has 0 N–H and O–H groups in total. The molecule has 0 atom stereocenters. The van der Waals surface area contributed by atoms with E-state index in [1.54, 1.807) is 0 Å². The second-order valence-corrected chi connectivity index (χ2v) is 17.5. The van der Waals surface area contributed by atoms with E-state index < -0.39 is 0 Å². The molecule has 0 fully saturated rings. The molecule has 0 aliphatic heterocycles. The summed E-state index contributed by atoms with van der Waals surface area (Å²) in [6, 6.07) is 0. The summed E-state index contributed by atoms with van der Waals surface area (Å²) < 4.78 is 0. The van der Waals surface area contributed by atoms with E-state index in [0.29, 0.717) is 0 Å². The number of hydrogen-bond acceptors (Lipinski definition) is 2. The maximum Gasteiger partial charge on any atom is 2.00 e. The van der Waals surface area contributed by atoms with E-state index in [1.165, 1.54) is 48.5 Å². The molecule has 2 heterocycles. The van der Waals surface area contributed by atoms with Gasteiger partial charge in [-0.2, -0.15) is 0 Å². The third kappa shape index (κ3) is 11.6. The Morgan fingerprint density at radius 2 is 0.651 bits per heavy atom. The summed E-state index contributed by atoms with van der Waals surface area (Å²) in [7, 11) is 0.